The normalized spacial score (nSPS) is 10.9. The van der Waals surface area contributed by atoms with Crippen LogP contribution >= 0.6 is 0 Å². The Morgan fingerprint density at radius 2 is 2.24 bits per heavy atom. The van der Waals surface area contributed by atoms with Crippen LogP contribution in [-0.2, 0) is 13.0 Å². The summed E-state index contributed by atoms with van der Waals surface area (Å²) >= 11 is 0. The molecule has 0 aliphatic heterocycles. The van der Waals surface area contributed by atoms with Crippen LogP contribution < -0.4 is 5.32 Å². The van der Waals surface area contributed by atoms with Crippen LogP contribution in [0.1, 0.15) is 18.6 Å². The molecule has 1 aromatic carbocycles. The van der Waals surface area contributed by atoms with E-state index in [9.17, 15) is 10.1 Å². The van der Waals surface area contributed by atoms with Gasteiger partial charge in [0.1, 0.15) is 11.3 Å². The van der Waals surface area contributed by atoms with Gasteiger partial charge in [0.15, 0.2) is 5.58 Å². The molecule has 2 aromatic heterocycles. The third-order valence-corrected chi connectivity index (χ3v) is 2.92. The lowest BCUT2D eigenvalue weighted by Gasteiger charge is -1.96. The zero-order valence-electron chi connectivity index (χ0n) is 11.2. The van der Waals surface area contributed by atoms with Crippen LogP contribution in [0.4, 0.5) is 11.7 Å². The van der Waals surface area contributed by atoms with Crippen molar-refractivity contribution < 1.29 is 13.8 Å². The predicted molar refractivity (Wildman–Crippen MR) is 73.9 cm³/mol. The van der Waals surface area contributed by atoms with Crippen molar-refractivity contribution in [2.75, 3.05) is 5.32 Å². The second-order valence-electron chi connectivity index (χ2n) is 4.36. The Kier molecular flexibility index (Phi) is 3.27. The largest absolute Gasteiger partial charge is 0.444 e. The molecular formula is C13H12N4O4. The summed E-state index contributed by atoms with van der Waals surface area (Å²) in [7, 11) is 0. The highest BCUT2D eigenvalue weighted by atomic mass is 16.6. The lowest BCUT2D eigenvalue weighted by Crippen LogP contribution is -1.99. The number of aryl methyl sites for hydroxylation is 1. The monoisotopic (exact) mass is 288 g/mol. The molecular weight excluding hydrogens is 276 g/mol. The number of anilines is 1. The fraction of sp³-hybridized carbons (Fsp3) is 0.231. The maximum atomic E-state index is 10.7. The first-order valence-electron chi connectivity index (χ1n) is 6.38. The van der Waals surface area contributed by atoms with Crippen molar-refractivity contribution in [2.24, 2.45) is 0 Å². The Labute approximate surface area is 118 Å². The molecule has 0 spiro atoms. The molecule has 0 saturated carbocycles. The second kappa shape index (κ2) is 5.23. The van der Waals surface area contributed by atoms with Gasteiger partial charge in [0, 0.05) is 18.6 Å². The molecule has 8 heteroatoms. The Bertz CT molecular complexity index is 792. The van der Waals surface area contributed by atoms with Gasteiger partial charge >= 0.3 is 0 Å². The minimum Gasteiger partial charge on any atom is -0.444 e. The smallest absolute Gasteiger partial charge is 0.296 e. The number of hydrogen-bond acceptors (Lipinski definition) is 7. The zero-order valence-corrected chi connectivity index (χ0v) is 11.2. The summed E-state index contributed by atoms with van der Waals surface area (Å²) in [5.74, 6) is 1.33. The molecule has 0 atom stereocenters. The van der Waals surface area contributed by atoms with Crippen molar-refractivity contribution in [1.29, 1.82) is 0 Å². The first-order chi connectivity index (χ1) is 10.2. The van der Waals surface area contributed by atoms with Crippen LogP contribution in [0.25, 0.3) is 11.1 Å². The molecule has 2 heterocycles. The molecule has 3 aromatic rings. The number of non-ortho nitro benzene ring substituents is 1. The van der Waals surface area contributed by atoms with Crippen LogP contribution in [0.2, 0.25) is 0 Å². The average molecular weight is 288 g/mol. The molecule has 1 N–H and O–H groups in total. The second-order valence-corrected chi connectivity index (χ2v) is 4.36. The van der Waals surface area contributed by atoms with Gasteiger partial charge in [-0.15, -0.1) is 0 Å². The third-order valence-electron chi connectivity index (χ3n) is 2.92. The Morgan fingerprint density at radius 1 is 1.38 bits per heavy atom. The standard InChI is InChI=1S/C13H12N4O4/c1-2-9-6-14-12(20-9)7-15-13-16-10-5-8(17(18)19)3-4-11(10)21-13/h3-6H,2,7H2,1H3,(H,15,16). The van der Waals surface area contributed by atoms with Crippen molar-refractivity contribution in [2.45, 2.75) is 19.9 Å². The molecule has 0 aliphatic rings. The first-order valence-corrected chi connectivity index (χ1v) is 6.38. The Morgan fingerprint density at radius 3 is 2.95 bits per heavy atom. The van der Waals surface area contributed by atoms with Gasteiger partial charge in [-0.05, 0) is 6.07 Å². The molecule has 0 aliphatic carbocycles. The van der Waals surface area contributed by atoms with Gasteiger partial charge < -0.3 is 14.2 Å². The summed E-state index contributed by atoms with van der Waals surface area (Å²) in [5, 5.41) is 13.6. The zero-order chi connectivity index (χ0) is 14.8. The molecule has 0 radical (unpaired) electrons. The van der Waals surface area contributed by atoms with Crippen LogP contribution in [-0.4, -0.2) is 14.9 Å². The summed E-state index contributed by atoms with van der Waals surface area (Å²) in [6, 6.07) is 4.52. The summed E-state index contributed by atoms with van der Waals surface area (Å²) in [6.45, 7) is 2.31. The lowest BCUT2D eigenvalue weighted by molar-refractivity contribution is -0.384. The summed E-state index contributed by atoms with van der Waals surface area (Å²) in [4.78, 5) is 18.5. The molecule has 8 nitrogen and oxygen atoms in total. The lowest BCUT2D eigenvalue weighted by atomic mass is 10.3. The van der Waals surface area contributed by atoms with E-state index < -0.39 is 4.92 Å². The highest BCUT2D eigenvalue weighted by molar-refractivity contribution is 5.77. The van der Waals surface area contributed by atoms with Gasteiger partial charge in [0.2, 0.25) is 5.89 Å². The van der Waals surface area contributed by atoms with E-state index in [-0.39, 0.29) is 11.7 Å². The van der Waals surface area contributed by atoms with Gasteiger partial charge in [-0.2, -0.15) is 4.98 Å². The number of rotatable bonds is 5. The number of hydrogen-bond donors (Lipinski definition) is 1. The summed E-state index contributed by atoms with van der Waals surface area (Å²) in [6.07, 6.45) is 2.45. The van der Waals surface area contributed by atoms with Crippen LogP contribution in [0, 0.1) is 10.1 Å². The van der Waals surface area contributed by atoms with Gasteiger partial charge in [-0.25, -0.2) is 4.98 Å². The molecule has 0 amide bonds. The number of benzene rings is 1. The van der Waals surface area contributed by atoms with Crippen molar-refractivity contribution in [3.8, 4) is 0 Å². The molecule has 21 heavy (non-hydrogen) atoms. The van der Waals surface area contributed by atoms with Gasteiger partial charge in [0.25, 0.3) is 11.7 Å². The highest BCUT2D eigenvalue weighted by Gasteiger charge is 2.12. The van der Waals surface area contributed by atoms with Gasteiger partial charge in [0.05, 0.1) is 17.7 Å². The topological polar surface area (TPSA) is 107 Å². The molecule has 0 saturated heterocycles. The van der Waals surface area contributed by atoms with E-state index in [2.05, 4.69) is 15.3 Å². The van der Waals surface area contributed by atoms with E-state index in [0.29, 0.717) is 23.5 Å². The van der Waals surface area contributed by atoms with E-state index in [1.54, 1.807) is 6.20 Å². The quantitative estimate of drug-likeness (QED) is 0.568. The van der Waals surface area contributed by atoms with E-state index >= 15 is 0 Å². The number of nitrogens with one attached hydrogen (secondary N) is 1. The van der Waals surface area contributed by atoms with Crippen molar-refractivity contribution >= 4 is 22.8 Å². The third kappa shape index (κ3) is 2.69. The van der Waals surface area contributed by atoms with E-state index in [1.807, 2.05) is 6.92 Å². The fourth-order valence-electron chi connectivity index (χ4n) is 1.85. The summed E-state index contributed by atoms with van der Waals surface area (Å²) in [5.41, 5.74) is 0.876. The summed E-state index contributed by atoms with van der Waals surface area (Å²) < 4.78 is 10.9. The van der Waals surface area contributed by atoms with Crippen molar-refractivity contribution in [3.63, 3.8) is 0 Å². The number of oxazole rings is 2. The molecule has 0 unspecified atom stereocenters. The van der Waals surface area contributed by atoms with E-state index in [0.717, 1.165) is 12.2 Å². The molecule has 3 rings (SSSR count). The number of aromatic nitrogens is 2. The Balaban J connectivity index is 1.76. The first kappa shape index (κ1) is 13.1. The molecule has 108 valence electrons. The average Bonchev–Trinajstić information content (AvgIpc) is 3.10. The van der Waals surface area contributed by atoms with Crippen molar-refractivity contribution in [1.82, 2.24) is 9.97 Å². The van der Waals surface area contributed by atoms with Crippen LogP contribution in [0.15, 0.2) is 33.2 Å². The Hall–Kier alpha value is -2.90. The predicted octanol–water partition coefficient (Wildman–Crippen LogP) is 2.90. The maximum absolute atomic E-state index is 10.7. The maximum Gasteiger partial charge on any atom is 0.296 e. The fourth-order valence-corrected chi connectivity index (χ4v) is 1.85. The van der Waals surface area contributed by atoms with Crippen LogP contribution in [0.3, 0.4) is 0 Å². The van der Waals surface area contributed by atoms with E-state index in [1.165, 1.54) is 18.2 Å². The highest BCUT2D eigenvalue weighted by Crippen LogP contribution is 2.23. The van der Waals surface area contributed by atoms with E-state index in [4.69, 9.17) is 8.83 Å². The number of nitrogens with zero attached hydrogens (tertiary/aromatic N) is 3. The molecule has 0 fully saturated rings. The minimum absolute atomic E-state index is 0.0253. The number of fused-ring (bicyclic) bond motifs is 1. The van der Waals surface area contributed by atoms with Gasteiger partial charge in [-0.1, -0.05) is 6.92 Å². The van der Waals surface area contributed by atoms with Gasteiger partial charge in [-0.3, -0.25) is 10.1 Å². The number of nitro groups is 1. The van der Waals surface area contributed by atoms with Crippen molar-refractivity contribution in [3.05, 3.63) is 46.2 Å². The SMILES string of the molecule is CCc1cnc(CNc2nc3cc([N+](=O)[O-])ccc3o2)o1. The minimum atomic E-state index is -0.472. The molecule has 0 bridgehead atoms. The number of nitro benzene ring substituents is 1. The van der Waals surface area contributed by atoms with Crippen LogP contribution in [0.5, 0.6) is 0 Å².